The van der Waals surface area contributed by atoms with Crippen molar-refractivity contribution in [3.05, 3.63) is 0 Å². The maximum absolute atomic E-state index is 11.3. The maximum Gasteiger partial charge on any atom is 0.154 e. The van der Waals surface area contributed by atoms with Gasteiger partial charge in [-0.05, 0) is 12.8 Å². The zero-order valence-electron chi connectivity index (χ0n) is 6.88. The summed E-state index contributed by atoms with van der Waals surface area (Å²) in [5.74, 6) is 0.472. The summed E-state index contributed by atoms with van der Waals surface area (Å²) in [7, 11) is -2.86. The molecule has 2 aliphatic rings. The van der Waals surface area contributed by atoms with Gasteiger partial charge in [0.25, 0.3) is 0 Å². The molecule has 5 heteroatoms. The second-order valence-corrected chi connectivity index (χ2v) is 5.65. The van der Waals surface area contributed by atoms with Crippen molar-refractivity contribution < 1.29 is 13.2 Å². The third-order valence-electron chi connectivity index (χ3n) is 2.42. The topological polar surface area (TPSA) is 55.4 Å². The molecule has 2 fully saturated rings. The van der Waals surface area contributed by atoms with Crippen LogP contribution in [0, 0.1) is 0 Å². The molecule has 2 heterocycles. The molecule has 1 spiro atoms. The zero-order valence-corrected chi connectivity index (χ0v) is 7.69. The van der Waals surface area contributed by atoms with Crippen LogP contribution < -0.4 is 5.32 Å². The minimum Gasteiger partial charge on any atom is -0.358 e. The number of ether oxygens (including phenoxy) is 1. The molecule has 1 atom stereocenters. The summed E-state index contributed by atoms with van der Waals surface area (Å²) >= 11 is 0. The van der Waals surface area contributed by atoms with E-state index in [0.29, 0.717) is 12.4 Å². The Balaban J connectivity index is 2.17. The molecule has 0 radical (unpaired) electrons. The molecule has 2 aliphatic heterocycles. The highest BCUT2D eigenvalue weighted by Crippen LogP contribution is 2.26. The molecule has 0 aromatic heterocycles. The SMILES string of the molecule is O=S1(=O)CCCC2(C1)NCCO2. The van der Waals surface area contributed by atoms with Crippen LogP contribution in [0.2, 0.25) is 0 Å². The Hall–Kier alpha value is -0.130. The van der Waals surface area contributed by atoms with Crippen LogP contribution in [0.1, 0.15) is 12.8 Å². The average molecular weight is 191 g/mol. The standard InChI is InChI=1S/C7H13NO3S/c9-12(10)5-1-2-7(6-12)8-3-4-11-7/h8H,1-6H2. The summed E-state index contributed by atoms with van der Waals surface area (Å²) in [6.07, 6.45) is 1.54. The fraction of sp³-hybridized carbons (Fsp3) is 1.00. The fourth-order valence-electron chi connectivity index (χ4n) is 1.91. The van der Waals surface area contributed by atoms with Crippen LogP contribution >= 0.6 is 0 Å². The van der Waals surface area contributed by atoms with E-state index in [2.05, 4.69) is 5.32 Å². The molecule has 70 valence electrons. The molecule has 4 nitrogen and oxygen atoms in total. The maximum atomic E-state index is 11.3. The van der Waals surface area contributed by atoms with E-state index in [-0.39, 0.29) is 5.75 Å². The van der Waals surface area contributed by atoms with Crippen molar-refractivity contribution in [1.29, 1.82) is 0 Å². The summed E-state index contributed by atoms with van der Waals surface area (Å²) in [5.41, 5.74) is -0.531. The van der Waals surface area contributed by atoms with E-state index < -0.39 is 15.6 Å². The lowest BCUT2D eigenvalue weighted by Gasteiger charge is -2.31. The molecule has 2 rings (SSSR count). The zero-order chi connectivity index (χ0) is 8.66. The first-order valence-electron chi connectivity index (χ1n) is 4.21. The van der Waals surface area contributed by atoms with E-state index in [0.717, 1.165) is 19.4 Å². The minimum absolute atomic E-state index is 0.153. The van der Waals surface area contributed by atoms with E-state index in [1.807, 2.05) is 0 Å². The first-order valence-corrected chi connectivity index (χ1v) is 6.04. The molecule has 0 bridgehead atoms. The fourth-order valence-corrected chi connectivity index (χ4v) is 3.68. The van der Waals surface area contributed by atoms with Gasteiger partial charge in [0.15, 0.2) is 9.84 Å². The van der Waals surface area contributed by atoms with Gasteiger partial charge in [0.05, 0.1) is 18.1 Å². The Morgan fingerprint density at radius 1 is 1.42 bits per heavy atom. The number of hydrogen-bond donors (Lipinski definition) is 1. The van der Waals surface area contributed by atoms with Gasteiger partial charge < -0.3 is 4.74 Å². The minimum atomic E-state index is -2.86. The third-order valence-corrected chi connectivity index (χ3v) is 4.23. The van der Waals surface area contributed by atoms with Crippen LogP contribution in [0.15, 0.2) is 0 Å². The van der Waals surface area contributed by atoms with Crippen molar-refractivity contribution in [2.75, 3.05) is 24.7 Å². The molecule has 0 aromatic rings. The highest BCUT2D eigenvalue weighted by molar-refractivity contribution is 7.91. The molecule has 12 heavy (non-hydrogen) atoms. The normalized spacial score (nSPS) is 40.3. The van der Waals surface area contributed by atoms with Crippen molar-refractivity contribution in [2.24, 2.45) is 0 Å². The van der Waals surface area contributed by atoms with Crippen molar-refractivity contribution in [1.82, 2.24) is 5.32 Å². The number of nitrogens with one attached hydrogen (secondary N) is 1. The lowest BCUT2D eigenvalue weighted by molar-refractivity contribution is -0.000824. The van der Waals surface area contributed by atoms with E-state index in [4.69, 9.17) is 4.74 Å². The Kier molecular flexibility index (Phi) is 1.89. The van der Waals surface area contributed by atoms with Crippen molar-refractivity contribution in [3.8, 4) is 0 Å². The Morgan fingerprint density at radius 3 is 2.83 bits per heavy atom. The molecule has 2 saturated heterocycles. The Labute approximate surface area is 72.2 Å². The van der Waals surface area contributed by atoms with Gasteiger partial charge in [0.2, 0.25) is 0 Å². The van der Waals surface area contributed by atoms with E-state index in [1.165, 1.54) is 0 Å². The summed E-state index contributed by atoms with van der Waals surface area (Å²) in [6, 6.07) is 0. The number of hydrogen-bond acceptors (Lipinski definition) is 4. The van der Waals surface area contributed by atoms with Crippen molar-refractivity contribution in [3.63, 3.8) is 0 Å². The molecule has 1 unspecified atom stereocenters. The summed E-state index contributed by atoms with van der Waals surface area (Å²) in [4.78, 5) is 0. The monoisotopic (exact) mass is 191 g/mol. The quantitative estimate of drug-likeness (QED) is 0.561. The van der Waals surface area contributed by atoms with Crippen LogP contribution in [0.3, 0.4) is 0 Å². The van der Waals surface area contributed by atoms with Gasteiger partial charge in [-0.3, -0.25) is 5.32 Å². The highest BCUT2D eigenvalue weighted by atomic mass is 32.2. The predicted octanol–water partition coefficient (Wildman–Crippen LogP) is -0.489. The molecule has 1 N–H and O–H groups in total. The van der Waals surface area contributed by atoms with Crippen LogP contribution in [0.4, 0.5) is 0 Å². The summed E-state index contributed by atoms with van der Waals surface area (Å²) < 4.78 is 28.0. The lowest BCUT2D eigenvalue weighted by Crippen LogP contribution is -2.50. The first kappa shape index (κ1) is 8.47. The van der Waals surface area contributed by atoms with Gasteiger partial charge in [-0.25, -0.2) is 8.42 Å². The smallest absolute Gasteiger partial charge is 0.154 e. The van der Waals surface area contributed by atoms with Gasteiger partial charge in [0, 0.05) is 6.54 Å². The molecular weight excluding hydrogens is 178 g/mol. The molecule has 0 aliphatic carbocycles. The average Bonchev–Trinajstić information content (AvgIpc) is 2.34. The lowest BCUT2D eigenvalue weighted by atomic mass is 10.1. The largest absolute Gasteiger partial charge is 0.358 e. The van der Waals surface area contributed by atoms with Gasteiger partial charge in [-0.2, -0.15) is 0 Å². The highest BCUT2D eigenvalue weighted by Gasteiger charge is 2.42. The number of sulfone groups is 1. The Bertz CT molecular complexity index is 266. The van der Waals surface area contributed by atoms with Crippen LogP contribution in [0.5, 0.6) is 0 Å². The summed E-state index contributed by atoms with van der Waals surface area (Å²) in [6.45, 7) is 1.41. The second-order valence-electron chi connectivity index (χ2n) is 3.47. The third kappa shape index (κ3) is 1.48. The molecule has 0 saturated carbocycles. The van der Waals surface area contributed by atoms with Crippen LogP contribution in [-0.4, -0.2) is 38.8 Å². The van der Waals surface area contributed by atoms with Crippen molar-refractivity contribution in [2.45, 2.75) is 18.6 Å². The van der Waals surface area contributed by atoms with Crippen molar-refractivity contribution >= 4 is 9.84 Å². The predicted molar refractivity (Wildman–Crippen MR) is 44.6 cm³/mol. The van der Waals surface area contributed by atoms with Gasteiger partial charge in [-0.15, -0.1) is 0 Å². The van der Waals surface area contributed by atoms with E-state index in [9.17, 15) is 8.42 Å². The van der Waals surface area contributed by atoms with Gasteiger partial charge in [-0.1, -0.05) is 0 Å². The van der Waals surface area contributed by atoms with Crippen LogP contribution in [-0.2, 0) is 14.6 Å². The van der Waals surface area contributed by atoms with Gasteiger partial charge >= 0.3 is 0 Å². The van der Waals surface area contributed by atoms with E-state index >= 15 is 0 Å². The molecular formula is C7H13NO3S. The Morgan fingerprint density at radius 2 is 2.25 bits per heavy atom. The van der Waals surface area contributed by atoms with Crippen LogP contribution in [0.25, 0.3) is 0 Å². The van der Waals surface area contributed by atoms with Gasteiger partial charge in [0.1, 0.15) is 5.72 Å². The molecule has 0 aromatic carbocycles. The molecule has 0 amide bonds. The second kappa shape index (κ2) is 2.68. The number of rotatable bonds is 0. The summed E-state index contributed by atoms with van der Waals surface area (Å²) in [5, 5.41) is 3.13. The first-order chi connectivity index (χ1) is 5.62. The van der Waals surface area contributed by atoms with E-state index in [1.54, 1.807) is 0 Å².